The molecular weight excluding hydrogens is 226 g/mol. The molecule has 0 unspecified atom stereocenters. The predicted octanol–water partition coefficient (Wildman–Crippen LogP) is 2.87. The number of hydrogen-bond donors (Lipinski definition) is 1. The minimum atomic E-state index is -0.548. The Morgan fingerprint density at radius 1 is 1.17 bits per heavy atom. The number of carbonyl (C=O) groups excluding carboxylic acids is 1. The van der Waals surface area contributed by atoms with Gasteiger partial charge in [0.15, 0.2) is 0 Å². The monoisotopic (exact) mass is 243 g/mol. The molecule has 0 atom stereocenters. The van der Waals surface area contributed by atoms with E-state index in [0.29, 0.717) is 6.54 Å². The molecule has 2 rings (SSSR count). The van der Waals surface area contributed by atoms with Crippen molar-refractivity contribution in [3.8, 4) is 0 Å². The molecule has 0 aliphatic carbocycles. The third-order valence-electron chi connectivity index (χ3n) is 3.07. The molecule has 0 aliphatic rings. The first-order valence-electron chi connectivity index (χ1n) is 5.97. The Hall–Kier alpha value is -2.03. The molecule has 1 aromatic heterocycles. The van der Waals surface area contributed by atoms with E-state index in [1.807, 2.05) is 56.3 Å². The number of carbonyl (C=O) groups is 1. The number of nitrogens with one attached hydrogen (secondary N) is 1. The number of furan rings is 1. The first kappa shape index (κ1) is 12.4. The zero-order chi connectivity index (χ0) is 13.0. The molecule has 18 heavy (non-hydrogen) atoms. The van der Waals surface area contributed by atoms with E-state index in [9.17, 15) is 4.79 Å². The summed E-state index contributed by atoms with van der Waals surface area (Å²) in [5.74, 6) is 0.748. The van der Waals surface area contributed by atoms with Crippen molar-refractivity contribution in [3.63, 3.8) is 0 Å². The van der Waals surface area contributed by atoms with E-state index in [2.05, 4.69) is 5.32 Å². The van der Waals surface area contributed by atoms with Gasteiger partial charge in [-0.1, -0.05) is 30.3 Å². The zero-order valence-electron chi connectivity index (χ0n) is 10.6. The largest absolute Gasteiger partial charge is 0.467 e. The van der Waals surface area contributed by atoms with E-state index in [-0.39, 0.29) is 5.91 Å². The highest BCUT2D eigenvalue weighted by Crippen LogP contribution is 2.23. The lowest BCUT2D eigenvalue weighted by Crippen LogP contribution is -2.39. The summed E-state index contributed by atoms with van der Waals surface area (Å²) in [7, 11) is 0. The van der Waals surface area contributed by atoms with Gasteiger partial charge in [0.05, 0.1) is 18.2 Å². The Balaban J connectivity index is 2.04. The SMILES string of the molecule is CC(C)(C(=O)NCc1ccco1)c1ccccc1. The van der Waals surface area contributed by atoms with Crippen LogP contribution in [0, 0.1) is 0 Å². The van der Waals surface area contributed by atoms with Gasteiger partial charge in [0.25, 0.3) is 0 Å². The molecule has 94 valence electrons. The summed E-state index contributed by atoms with van der Waals surface area (Å²) in [5, 5.41) is 2.89. The summed E-state index contributed by atoms with van der Waals surface area (Å²) in [6.45, 7) is 4.25. The van der Waals surface area contributed by atoms with Gasteiger partial charge in [0.1, 0.15) is 5.76 Å². The highest BCUT2D eigenvalue weighted by molar-refractivity contribution is 5.87. The van der Waals surface area contributed by atoms with Crippen molar-refractivity contribution in [2.75, 3.05) is 0 Å². The van der Waals surface area contributed by atoms with Gasteiger partial charge in [0, 0.05) is 0 Å². The number of benzene rings is 1. The van der Waals surface area contributed by atoms with Gasteiger partial charge in [-0.3, -0.25) is 4.79 Å². The first-order chi connectivity index (χ1) is 8.60. The lowest BCUT2D eigenvalue weighted by molar-refractivity contribution is -0.125. The lowest BCUT2D eigenvalue weighted by atomic mass is 9.84. The molecule has 0 bridgehead atoms. The molecular formula is C15H17NO2. The van der Waals surface area contributed by atoms with Gasteiger partial charge in [-0.2, -0.15) is 0 Å². The molecule has 0 radical (unpaired) electrons. The summed E-state index contributed by atoms with van der Waals surface area (Å²) >= 11 is 0. The summed E-state index contributed by atoms with van der Waals surface area (Å²) in [6, 6.07) is 13.4. The second-order valence-corrected chi connectivity index (χ2v) is 4.75. The molecule has 0 fully saturated rings. The van der Waals surface area contributed by atoms with E-state index >= 15 is 0 Å². The fourth-order valence-electron chi connectivity index (χ4n) is 1.79. The van der Waals surface area contributed by atoms with Crippen molar-refractivity contribution in [1.82, 2.24) is 5.32 Å². The maximum atomic E-state index is 12.2. The van der Waals surface area contributed by atoms with Crippen LogP contribution in [0.5, 0.6) is 0 Å². The summed E-state index contributed by atoms with van der Waals surface area (Å²) in [4.78, 5) is 12.2. The Bertz CT molecular complexity index is 501. The predicted molar refractivity (Wildman–Crippen MR) is 70.0 cm³/mol. The van der Waals surface area contributed by atoms with E-state index in [1.165, 1.54) is 0 Å². The Labute approximate surface area is 107 Å². The minimum Gasteiger partial charge on any atom is -0.467 e. The number of amides is 1. The van der Waals surface area contributed by atoms with Crippen LogP contribution in [0.4, 0.5) is 0 Å². The third kappa shape index (κ3) is 2.62. The highest BCUT2D eigenvalue weighted by atomic mass is 16.3. The van der Waals surface area contributed by atoms with Crippen LogP contribution in [0.25, 0.3) is 0 Å². The van der Waals surface area contributed by atoms with Crippen LogP contribution in [-0.2, 0) is 16.8 Å². The van der Waals surface area contributed by atoms with E-state index < -0.39 is 5.41 Å². The summed E-state index contributed by atoms with van der Waals surface area (Å²) in [6.07, 6.45) is 1.60. The van der Waals surface area contributed by atoms with Crippen LogP contribution in [0.3, 0.4) is 0 Å². The van der Waals surface area contributed by atoms with Crippen molar-refractivity contribution in [3.05, 3.63) is 60.1 Å². The van der Waals surface area contributed by atoms with E-state index in [0.717, 1.165) is 11.3 Å². The molecule has 1 amide bonds. The molecule has 1 aromatic carbocycles. The average Bonchev–Trinajstić information content (AvgIpc) is 2.90. The zero-order valence-corrected chi connectivity index (χ0v) is 10.6. The molecule has 3 heteroatoms. The van der Waals surface area contributed by atoms with Gasteiger partial charge in [0.2, 0.25) is 5.91 Å². The maximum Gasteiger partial charge on any atom is 0.230 e. The van der Waals surface area contributed by atoms with Crippen molar-refractivity contribution in [2.45, 2.75) is 25.8 Å². The molecule has 1 heterocycles. The topological polar surface area (TPSA) is 42.2 Å². The lowest BCUT2D eigenvalue weighted by Gasteiger charge is -2.23. The highest BCUT2D eigenvalue weighted by Gasteiger charge is 2.29. The van der Waals surface area contributed by atoms with Gasteiger partial charge in [-0.05, 0) is 31.5 Å². The van der Waals surface area contributed by atoms with Crippen LogP contribution in [0.1, 0.15) is 25.2 Å². The maximum absolute atomic E-state index is 12.2. The third-order valence-corrected chi connectivity index (χ3v) is 3.07. The molecule has 3 nitrogen and oxygen atoms in total. The normalized spacial score (nSPS) is 11.2. The fraction of sp³-hybridized carbons (Fsp3) is 0.267. The van der Waals surface area contributed by atoms with Crippen LogP contribution in [0.15, 0.2) is 53.1 Å². The van der Waals surface area contributed by atoms with E-state index in [4.69, 9.17) is 4.42 Å². The Morgan fingerprint density at radius 3 is 2.50 bits per heavy atom. The van der Waals surface area contributed by atoms with Gasteiger partial charge >= 0.3 is 0 Å². The fourth-order valence-corrected chi connectivity index (χ4v) is 1.79. The second-order valence-electron chi connectivity index (χ2n) is 4.75. The molecule has 0 spiro atoms. The summed E-state index contributed by atoms with van der Waals surface area (Å²) < 4.78 is 5.19. The van der Waals surface area contributed by atoms with Crippen molar-refractivity contribution >= 4 is 5.91 Å². The van der Waals surface area contributed by atoms with Gasteiger partial charge in [-0.15, -0.1) is 0 Å². The minimum absolute atomic E-state index is 0.00917. The molecule has 0 aliphatic heterocycles. The smallest absolute Gasteiger partial charge is 0.230 e. The van der Waals surface area contributed by atoms with E-state index in [1.54, 1.807) is 6.26 Å². The van der Waals surface area contributed by atoms with Crippen LogP contribution in [-0.4, -0.2) is 5.91 Å². The van der Waals surface area contributed by atoms with Crippen LogP contribution < -0.4 is 5.32 Å². The molecule has 0 saturated carbocycles. The van der Waals surface area contributed by atoms with Gasteiger partial charge < -0.3 is 9.73 Å². The van der Waals surface area contributed by atoms with Crippen LogP contribution in [0.2, 0.25) is 0 Å². The van der Waals surface area contributed by atoms with Gasteiger partial charge in [-0.25, -0.2) is 0 Å². The number of hydrogen-bond acceptors (Lipinski definition) is 2. The first-order valence-corrected chi connectivity index (χ1v) is 5.97. The molecule has 0 saturated heterocycles. The standard InChI is InChI=1S/C15H17NO2/c1-15(2,12-7-4-3-5-8-12)14(17)16-11-13-9-6-10-18-13/h3-10H,11H2,1-2H3,(H,16,17). The second kappa shape index (κ2) is 5.08. The Kier molecular flexibility index (Phi) is 3.51. The Morgan fingerprint density at radius 2 is 1.89 bits per heavy atom. The number of rotatable bonds is 4. The van der Waals surface area contributed by atoms with Crippen molar-refractivity contribution in [2.24, 2.45) is 0 Å². The molecule has 2 aromatic rings. The van der Waals surface area contributed by atoms with Crippen molar-refractivity contribution < 1.29 is 9.21 Å². The van der Waals surface area contributed by atoms with Crippen LogP contribution >= 0.6 is 0 Å². The average molecular weight is 243 g/mol. The molecule has 1 N–H and O–H groups in total. The summed E-state index contributed by atoms with van der Waals surface area (Å²) in [5.41, 5.74) is 0.454. The quantitative estimate of drug-likeness (QED) is 0.897. The van der Waals surface area contributed by atoms with Crippen molar-refractivity contribution in [1.29, 1.82) is 0 Å².